The van der Waals surface area contributed by atoms with Crippen molar-refractivity contribution in [3.05, 3.63) is 35.4 Å². The van der Waals surface area contributed by atoms with Crippen molar-refractivity contribution in [2.75, 3.05) is 6.54 Å². The number of carbonyl (C=O) groups is 1. The molecule has 0 atom stereocenters. The highest BCUT2D eigenvalue weighted by Crippen LogP contribution is 2.39. The number of hydrogen-bond acceptors (Lipinski definition) is 1. The molecule has 1 fully saturated rings. The van der Waals surface area contributed by atoms with Crippen molar-refractivity contribution >= 4 is 5.91 Å². The summed E-state index contributed by atoms with van der Waals surface area (Å²) >= 11 is 0. The second kappa shape index (κ2) is 3.82. The van der Waals surface area contributed by atoms with E-state index in [4.69, 9.17) is 0 Å². The minimum absolute atomic E-state index is 0.0230. The van der Waals surface area contributed by atoms with Crippen molar-refractivity contribution in [2.45, 2.75) is 25.7 Å². The van der Waals surface area contributed by atoms with Crippen molar-refractivity contribution in [1.29, 1.82) is 0 Å². The largest absolute Gasteiger partial charge is 0.352 e. The number of hydrogen-bond donors (Lipinski definition) is 1. The lowest BCUT2D eigenvalue weighted by atomic mass is 10.1. The summed E-state index contributed by atoms with van der Waals surface area (Å²) < 4.78 is 0. The summed E-state index contributed by atoms with van der Waals surface area (Å²) in [4.78, 5) is 11.4. The van der Waals surface area contributed by atoms with E-state index in [2.05, 4.69) is 17.4 Å². The molecule has 1 aromatic carbocycles. The van der Waals surface area contributed by atoms with Crippen molar-refractivity contribution in [1.82, 2.24) is 5.32 Å². The molecule has 2 heteroatoms. The smallest absolute Gasteiger partial charge is 0.251 e. The third-order valence-electron chi connectivity index (χ3n) is 2.56. The topological polar surface area (TPSA) is 29.1 Å². The van der Waals surface area contributed by atoms with E-state index >= 15 is 0 Å². The Morgan fingerprint density at radius 1 is 1.36 bits per heavy atom. The molecule has 74 valence electrons. The molecule has 0 unspecified atom stereocenters. The average Bonchev–Trinajstić information content (AvgIpc) is 3.02. The first kappa shape index (κ1) is 9.25. The second-order valence-electron chi connectivity index (χ2n) is 3.76. The molecule has 14 heavy (non-hydrogen) atoms. The van der Waals surface area contributed by atoms with Gasteiger partial charge in [0.1, 0.15) is 0 Å². The zero-order valence-electron chi connectivity index (χ0n) is 8.42. The molecular formula is C12H15NO. The van der Waals surface area contributed by atoms with Gasteiger partial charge in [0.2, 0.25) is 0 Å². The van der Waals surface area contributed by atoms with Crippen LogP contribution in [0.1, 0.15) is 41.6 Å². The third-order valence-corrected chi connectivity index (χ3v) is 2.56. The van der Waals surface area contributed by atoms with E-state index in [1.165, 1.54) is 18.4 Å². The zero-order valence-corrected chi connectivity index (χ0v) is 8.42. The van der Waals surface area contributed by atoms with Crippen LogP contribution in [0.25, 0.3) is 0 Å². The molecule has 0 spiro atoms. The lowest BCUT2D eigenvalue weighted by Crippen LogP contribution is -2.22. The monoisotopic (exact) mass is 189 g/mol. The maximum Gasteiger partial charge on any atom is 0.251 e. The normalized spacial score (nSPS) is 15.2. The SMILES string of the molecule is CCNC(=O)c1ccc(C2CC2)cc1. The van der Waals surface area contributed by atoms with Gasteiger partial charge in [0.15, 0.2) is 0 Å². The quantitative estimate of drug-likeness (QED) is 0.776. The molecule has 1 aliphatic carbocycles. The molecule has 1 aromatic rings. The van der Waals surface area contributed by atoms with Crippen LogP contribution in [-0.2, 0) is 0 Å². The van der Waals surface area contributed by atoms with Gasteiger partial charge >= 0.3 is 0 Å². The summed E-state index contributed by atoms with van der Waals surface area (Å²) in [5.74, 6) is 0.785. The van der Waals surface area contributed by atoms with E-state index in [1.807, 2.05) is 19.1 Å². The number of amides is 1. The molecule has 1 saturated carbocycles. The minimum Gasteiger partial charge on any atom is -0.352 e. The molecule has 1 N–H and O–H groups in total. The van der Waals surface area contributed by atoms with E-state index < -0.39 is 0 Å². The van der Waals surface area contributed by atoms with Gasteiger partial charge in [-0.2, -0.15) is 0 Å². The average molecular weight is 189 g/mol. The predicted octanol–water partition coefficient (Wildman–Crippen LogP) is 2.31. The van der Waals surface area contributed by atoms with Gasteiger partial charge in [-0.25, -0.2) is 0 Å². The molecule has 0 saturated heterocycles. The minimum atomic E-state index is 0.0230. The highest BCUT2D eigenvalue weighted by molar-refractivity contribution is 5.94. The zero-order chi connectivity index (χ0) is 9.97. The molecule has 1 amide bonds. The van der Waals surface area contributed by atoms with Crippen LogP contribution in [0.4, 0.5) is 0 Å². The molecule has 0 aliphatic heterocycles. The van der Waals surface area contributed by atoms with E-state index in [0.29, 0.717) is 6.54 Å². The summed E-state index contributed by atoms with van der Waals surface area (Å²) in [6, 6.07) is 7.97. The Kier molecular flexibility index (Phi) is 2.53. The maximum absolute atomic E-state index is 11.4. The lowest BCUT2D eigenvalue weighted by Gasteiger charge is -2.03. The van der Waals surface area contributed by atoms with Crippen LogP contribution in [0.3, 0.4) is 0 Å². The van der Waals surface area contributed by atoms with Crippen molar-refractivity contribution < 1.29 is 4.79 Å². The fourth-order valence-corrected chi connectivity index (χ4v) is 1.59. The molecule has 0 radical (unpaired) electrons. The van der Waals surface area contributed by atoms with E-state index in [1.54, 1.807) is 0 Å². The fourth-order valence-electron chi connectivity index (χ4n) is 1.59. The summed E-state index contributed by atoms with van der Waals surface area (Å²) in [5, 5.41) is 2.79. The molecule has 0 aromatic heterocycles. The first-order chi connectivity index (χ1) is 6.81. The Morgan fingerprint density at radius 3 is 2.50 bits per heavy atom. The van der Waals surface area contributed by atoms with Crippen LogP contribution in [0.15, 0.2) is 24.3 Å². The highest BCUT2D eigenvalue weighted by atomic mass is 16.1. The maximum atomic E-state index is 11.4. The van der Waals surface area contributed by atoms with E-state index in [0.717, 1.165) is 11.5 Å². The Bertz CT molecular complexity index is 325. The molecular weight excluding hydrogens is 174 g/mol. The first-order valence-corrected chi connectivity index (χ1v) is 5.19. The molecule has 0 heterocycles. The number of rotatable bonds is 3. The Hall–Kier alpha value is -1.31. The molecule has 2 rings (SSSR count). The van der Waals surface area contributed by atoms with Crippen LogP contribution in [-0.4, -0.2) is 12.5 Å². The number of carbonyl (C=O) groups excluding carboxylic acids is 1. The highest BCUT2D eigenvalue weighted by Gasteiger charge is 2.23. The Balaban J connectivity index is 2.08. The summed E-state index contributed by atoms with van der Waals surface area (Å²) in [6.07, 6.45) is 2.61. The van der Waals surface area contributed by atoms with Gasteiger partial charge in [-0.05, 0) is 43.4 Å². The van der Waals surface area contributed by atoms with E-state index in [9.17, 15) is 4.79 Å². The summed E-state index contributed by atoms with van der Waals surface area (Å²) in [6.45, 7) is 2.61. The van der Waals surface area contributed by atoms with Gasteiger partial charge in [-0.1, -0.05) is 12.1 Å². The van der Waals surface area contributed by atoms with Crippen molar-refractivity contribution in [3.63, 3.8) is 0 Å². The number of benzene rings is 1. The van der Waals surface area contributed by atoms with Gasteiger partial charge in [0.05, 0.1) is 0 Å². The fraction of sp³-hybridized carbons (Fsp3) is 0.417. The standard InChI is InChI=1S/C12H15NO/c1-2-13-12(14)11-7-5-10(6-8-11)9-3-4-9/h5-9H,2-4H2,1H3,(H,13,14). The van der Waals surface area contributed by atoms with E-state index in [-0.39, 0.29) is 5.91 Å². The third kappa shape index (κ3) is 1.95. The van der Waals surface area contributed by atoms with Gasteiger partial charge < -0.3 is 5.32 Å². The number of nitrogens with one attached hydrogen (secondary N) is 1. The second-order valence-corrected chi connectivity index (χ2v) is 3.76. The molecule has 2 nitrogen and oxygen atoms in total. The van der Waals surface area contributed by atoms with Crippen LogP contribution in [0.5, 0.6) is 0 Å². The van der Waals surface area contributed by atoms with Gasteiger partial charge in [0.25, 0.3) is 5.91 Å². The van der Waals surface area contributed by atoms with Crippen molar-refractivity contribution in [3.8, 4) is 0 Å². The lowest BCUT2D eigenvalue weighted by molar-refractivity contribution is 0.0956. The first-order valence-electron chi connectivity index (χ1n) is 5.19. The summed E-state index contributed by atoms with van der Waals surface area (Å²) in [7, 11) is 0. The van der Waals surface area contributed by atoms with Crippen LogP contribution in [0, 0.1) is 0 Å². The van der Waals surface area contributed by atoms with Gasteiger partial charge in [-0.15, -0.1) is 0 Å². The van der Waals surface area contributed by atoms with Crippen LogP contribution < -0.4 is 5.32 Å². The Morgan fingerprint density at radius 2 is 2.00 bits per heavy atom. The van der Waals surface area contributed by atoms with Crippen LogP contribution in [0.2, 0.25) is 0 Å². The predicted molar refractivity (Wildman–Crippen MR) is 56.4 cm³/mol. The Labute approximate surface area is 84.3 Å². The van der Waals surface area contributed by atoms with Gasteiger partial charge in [-0.3, -0.25) is 4.79 Å². The molecule has 1 aliphatic rings. The van der Waals surface area contributed by atoms with Crippen molar-refractivity contribution in [2.24, 2.45) is 0 Å². The molecule has 0 bridgehead atoms. The van der Waals surface area contributed by atoms with Gasteiger partial charge in [0, 0.05) is 12.1 Å². The van der Waals surface area contributed by atoms with Crippen LogP contribution >= 0.6 is 0 Å². The summed E-state index contributed by atoms with van der Waals surface area (Å²) in [5.41, 5.74) is 2.13.